The maximum absolute atomic E-state index is 13.7. The van der Waals surface area contributed by atoms with Crippen LogP contribution in [0.1, 0.15) is 20.3 Å². The van der Waals surface area contributed by atoms with Crippen molar-refractivity contribution in [1.29, 1.82) is 0 Å². The summed E-state index contributed by atoms with van der Waals surface area (Å²) < 4.78 is 13.7. The lowest BCUT2D eigenvalue weighted by Gasteiger charge is -2.40. The van der Waals surface area contributed by atoms with Crippen LogP contribution in [0.15, 0.2) is 18.2 Å². The molecule has 2 rings (SSSR count). The van der Waals surface area contributed by atoms with Gasteiger partial charge in [0.25, 0.3) is 0 Å². The molecule has 1 atom stereocenters. The number of rotatable bonds is 2. The van der Waals surface area contributed by atoms with Crippen molar-refractivity contribution in [2.45, 2.75) is 26.3 Å². The fraction of sp³-hybridized carbons (Fsp3) is 0.538. The molecule has 0 spiro atoms. The van der Waals surface area contributed by atoms with Gasteiger partial charge in [-0.2, -0.15) is 0 Å². The number of hydrogen-bond donors (Lipinski definition) is 2. The highest BCUT2D eigenvalue weighted by Gasteiger charge is 2.32. The molecule has 2 N–H and O–H groups in total. The van der Waals surface area contributed by atoms with Crippen molar-refractivity contribution >= 4 is 17.3 Å². The lowest BCUT2D eigenvalue weighted by atomic mass is 9.80. The highest BCUT2D eigenvalue weighted by molar-refractivity contribution is 6.33. The van der Waals surface area contributed by atoms with E-state index in [2.05, 4.69) is 24.5 Å². The number of anilines is 1. The first kappa shape index (κ1) is 12.7. The zero-order valence-electron chi connectivity index (χ0n) is 10.2. The quantitative estimate of drug-likeness (QED) is 0.849. The van der Waals surface area contributed by atoms with Crippen LogP contribution >= 0.6 is 11.6 Å². The highest BCUT2D eigenvalue weighted by Crippen LogP contribution is 2.32. The van der Waals surface area contributed by atoms with Gasteiger partial charge >= 0.3 is 0 Å². The van der Waals surface area contributed by atoms with Crippen LogP contribution in [0.4, 0.5) is 10.1 Å². The largest absolute Gasteiger partial charge is 0.378 e. The smallest absolute Gasteiger partial charge is 0.147 e. The molecule has 1 heterocycles. The maximum Gasteiger partial charge on any atom is 0.147 e. The molecule has 1 aliphatic rings. The zero-order valence-corrected chi connectivity index (χ0v) is 10.9. The zero-order chi connectivity index (χ0) is 12.5. The molecule has 94 valence electrons. The molecule has 0 aliphatic carbocycles. The fourth-order valence-electron chi connectivity index (χ4n) is 2.25. The number of para-hydroxylation sites is 1. The molecule has 0 bridgehead atoms. The van der Waals surface area contributed by atoms with E-state index < -0.39 is 0 Å². The van der Waals surface area contributed by atoms with Crippen molar-refractivity contribution in [2.24, 2.45) is 5.41 Å². The molecule has 1 aromatic rings. The van der Waals surface area contributed by atoms with Crippen LogP contribution in [0.25, 0.3) is 0 Å². The Balaban J connectivity index is 2.20. The summed E-state index contributed by atoms with van der Waals surface area (Å²) in [5.74, 6) is -0.285. The normalized spacial score (nSPS) is 23.4. The van der Waals surface area contributed by atoms with E-state index in [1.165, 1.54) is 6.07 Å². The van der Waals surface area contributed by atoms with Crippen LogP contribution in [0.2, 0.25) is 5.02 Å². The van der Waals surface area contributed by atoms with Gasteiger partial charge in [-0.15, -0.1) is 0 Å². The topological polar surface area (TPSA) is 24.1 Å². The predicted molar refractivity (Wildman–Crippen MR) is 70.1 cm³/mol. The Morgan fingerprint density at radius 2 is 2.24 bits per heavy atom. The Kier molecular flexibility index (Phi) is 3.59. The molecule has 17 heavy (non-hydrogen) atoms. The first-order valence-corrected chi connectivity index (χ1v) is 6.30. The van der Waals surface area contributed by atoms with E-state index in [4.69, 9.17) is 11.6 Å². The second-order valence-electron chi connectivity index (χ2n) is 5.25. The Labute approximate surface area is 107 Å². The molecule has 1 unspecified atom stereocenters. The molecule has 0 aromatic heterocycles. The monoisotopic (exact) mass is 256 g/mol. The Hall–Kier alpha value is -0.800. The molecule has 1 saturated heterocycles. The van der Waals surface area contributed by atoms with Crippen molar-refractivity contribution < 1.29 is 4.39 Å². The molecule has 0 saturated carbocycles. The van der Waals surface area contributed by atoms with Gasteiger partial charge in [0.2, 0.25) is 0 Å². The summed E-state index contributed by atoms with van der Waals surface area (Å²) in [4.78, 5) is 0. The van der Waals surface area contributed by atoms with Crippen molar-refractivity contribution in [3.05, 3.63) is 29.0 Å². The van der Waals surface area contributed by atoms with E-state index in [0.29, 0.717) is 10.7 Å². The van der Waals surface area contributed by atoms with Gasteiger partial charge in [-0.1, -0.05) is 31.5 Å². The summed E-state index contributed by atoms with van der Waals surface area (Å²) in [6.45, 7) is 6.22. The van der Waals surface area contributed by atoms with E-state index in [-0.39, 0.29) is 17.3 Å². The van der Waals surface area contributed by atoms with Crippen LogP contribution in [0.5, 0.6) is 0 Å². The van der Waals surface area contributed by atoms with Crippen molar-refractivity contribution in [3.8, 4) is 0 Å². The van der Waals surface area contributed by atoms with Gasteiger partial charge < -0.3 is 10.6 Å². The van der Waals surface area contributed by atoms with Gasteiger partial charge in [0, 0.05) is 12.6 Å². The van der Waals surface area contributed by atoms with Gasteiger partial charge in [0.05, 0.1) is 10.7 Å². The van der Waals surface area contributed by atoms with Gasteiger partial charge in [0.1, 0.15) is 5.82 Å². The molecule has 0 amide bonds. The van der Waals surface area contributed by atoms with Crippen LogP contribution in [0.3, 0.4) is 0 Å². The lowest BCUT2D eigenvalue weighted by Crippen LogP contribution is -2.49. The fourth-order valence-corrected chi connectivity index (χ4v) is 2.47. The molecule has 1 fully saturated rings. The molecule has 2 nitrogen and oxygen atoms in total. The Morgan fingerprint density at radius 1 is 1.47 bits per heavy atom. The SMILES string of the molecule is CC1(C)CNCCC1Nc1c(F)cccc1Cl. The molecule has 0 radical (unpaired) electrons. The van der Waals surface area contributed by atoms with Gasteiger partial charge in [-0.3, -0.25) is 0 Å². The maximum atomic E-state index is 13.7. The van der Waals surface area contributed by atoms with Crippen LogP contribution in [-0.4, -0.2) is 19.1 Å². The minimum atomic E-state index is -0.285. The third-order valence-electron chi connectivity index (χ3n) is 3.42. The highest BCUT2D eigenvalue weighted by atomic mass is 35.5. The Bertz CT molecular complexity index is 386. The van der Waals surface area contributed by atoms with Crippen molar-refractivity contribution in [3.63, 3.8) is 0 Å². The minimum Gasteiger partial charge on any atom is -0.378 e. The van der Waals surface area contributed by atoms with Gasteiger partial charge in [-0.05, 0) is 30.5 Å². The number of benzene rings is 1. The van der Waals surface area contributed by atoms with E-state index >= 15 is 0 Å². The van der Waals surface area contributed by atoms with Crippen molar-refractivity contribution in [1.82, 2.24) is 5.32 Å². The van der Waals surface area contributed by atoms with Crippen LogP contribution < -0.4 is 10.6 Å². The summed E-state index contributed by atoms with van der Waals surface area (Å²) in [6, 6.07) is 5.00. The van der Waals surface area contributed by atoms with E-state index in [9.17, 15) is 4.39 Å². The summed E-state index contributed by atoms with van der Waals surface area (Å²) >= 11 is 6.02. The number of piperidine rings is 1. The number of nitrogens with one attached hydrogen (secondary N) is 2. The van der Waals surface area contributed by atoms with Gasteiger partial charge in [-0.25, -0.2) is 4.39 Å². The first-order chi connectivity index (χ1) is 8.00. The third-order valence-corrected chi connectivity index (χ3v) is 3.73. The summed E-state index contributed by atoms with van der Waals surface area (Å²) in [7, 11) is 0. The second kappa shape index (κ2) is 4.83. The number of hydrogen-bond acceptors (Lipinski definition) is 2. The van der Waals surface area contributed by atoms with Crippen molar-refractivity contribution in [2.75, 3.05) is 18.4 Å². The summed E-state index contributed by atoms with van der Waals surface area (Å²) in [5.41, 5.74) is 0.512. The molecule has 1 aromatic carbocycles. The average molecular weight is 257 g/mol. The van der Waals surface area contributed by atoms with E-state index in [1.54, 1.807) is 12.1 Å². The molecule has 4 heteroatoms. The van der Waals surface area contributed by atoms with Gasteiger partial charge in [0.15, 0.2) is 0 Å². The minimum absolute atomic E-state index is 0.0872. The number of halogens is 2. The predicted octanol–water partition coefficient (Wildman–Crippen LogP) is 3.28. The molecule has 1 aliphatic heterocycles. The third kappa shape index (κ3) is 2.72. The molecular weight excluding hydrogens is 239 g/mol. The second-order valence-corrected chi connectivity index (χ2v) is 5.65. The van der Waals surface area contributed by atoms with Crippen LogP contribution in [0, 0.1) is 11.2 Å². The van der Waals surface area contributed by atoms with Crippen LogP contribution in [-0.2, 0) is 0 Å². The average Bonchev–Trinajstić information content (AvgIpc) is 2.25. The first-order valence-electron chi connectivity index (χ1n) is 5.92. The molecular formula is C13H18ClFN2. The Morgan fingerprint density at radius 3 is 2.88 bits per heavy atom. The lowest BCUT2D eigenvalue weighted by molar-refractivity contribution is 0.236. The van der Waals surface area contributed by atoms with E-state index in [1.807, 2.05) is 0 Å². The standard InChI is InChI=1S/C13H18ClFN2/c1-13(2)8-16-7-6-11(13)17-12-9(14)4-3-5-10(12)15/h3-5,11,16-17H,6-8H2,1-2H3. The summed E-state index contributed by atoms with van der Waals surface area (Å²) in [5, 5.41) is 7.06. The van der Waals surface area contributed by atoms with E-state index in [0.717, 1.165) is 19.5 Å². The summed E-state index contributed by atoms with van der Waals surface area (Å²) in [6.07, 6.45) is 0.970.